The van der Waals surface area contributed by atoms with Gasteiger partial charge in [-0.15, -0.1) is 0 Å². The summed E-state index contributed by atoms with van der Waals surface area (Å²) in [5, 5.41) is 4.16. The van der Waals surface area contributed by atoms with Crippen molar-refractivity contribution in [2.75, 3.05) is 31.7 Å². The number of hydrogen-bond donors (Lipinski definition) is 1. The molecule has 1 N–H and O–H groups in total. The SMILES string of the molecule is CCCN(c1ccc(CNCCOC)cc1Cl)C(C)C. The molecular formula is C16H27ClN2O. The summed E-state index contributed by atoms with van der Waals surface area (Å²) in [6.07, 6.45) is 1.12. The van der Waals surface area contributed by atoms with Gasteiger partial charge >= 0.3 is 0 Å². The molecule has 1 rings (SSSR count). The van der Waals surface area contributed by atoms with Crippen molar-refractivity contribution in [2.24, 2.45) is 0 Å². The van der Waals surface area contributed by atoms with Gasteiger partial charge in [-0.1, -0.05) is 24.6 Å². The van der Waals surface area contributed by atoms with Crippen LogP contribution in [0.4, 0.5) is 5.69 Å². The molecule has 3 nitrogen and oxygen atoms in total. The summed E-state index contributed by atoms with van der Waals surface area (Å²) >= 11 is 6.45. The number of halogens is 1. The van der Waals surface area contributed by atoms with E-state index in [1.165, 1.54) is 5.56 Å². The maximum absolute atomic E-state index is 6.45. The van der Waals surface area contributed by atoms with Gasteiger partial charge in [0.15, 0.2) is 0 Å². The van der Waals surface area contributed by atoms with Crippen LogP contribution in [0.1, 0.15) is 32.8 Å². The lowest BCUT2D eigenvalue weighted by molar-refractivity contribution is 0.199. The molecule has 0 fully saturated rings. The fourth-order valence-corrected chi connectivity index (χ4v) is 2.51. The van der Waals surface area contributed by atoms with Gasteiger partial charge < -0.3 is 15.0 Å². The Bertz CT molecular complexity index is 396. The van der Waals surface area contributed by atoms with Crippen molar-refractivity contribution in [1.82, 2.24) is 5.32 Å². The molecule has 0 heterocycles. The molecule has 1 aromatic rings. The summed E-state index contributed by atoms with van der Waals surface area (Å²) in [6.45, 7) is 10.0. The van der Waals surface area contributed by atoms with E-state index in [9.17, 15) is 0 Å². The van der Waals surface area contributed by atoms with E-state index in [1.807, 2.05) is 0 Å². The first-order chi connectivity index (χ1) is 9.60. The monoisotopic (exact) mass is 298 g/mol. The van der Waals surface area contributed by atoms with Gasteiger partial charge in [-0.25, -0.2) is 0 Å². The summed E-state index contributed by atoms with van der Waals surface area (Å²) in [5.41, 5.74) is 2.33. The summed E-state index contributed by atoms with van der Waals surface area (Å²) in [7, 11) is 1.71. The molecule has 0 atom stereocenters. The second kappa shape index (κ2) is 9.22. The molecule has 0 aliphatic rings. The Hall–Kier alpha value is -0.770. The van der Waals surface area contributed by atoms with Crippen molar-refractivity contribution in [3.63, 3.8) is 0 Å². The summed E-state index contributed by atoms with van der Waals surface area (Å²) in [6, 6.07) is 6.79. The van der Waals surface area contributed by atoms with Crippen LogP contribution in [0, 0.1) is 0 Å². The number of hydrogen-bond acceptors (Lipinski definition) is 3. The van der Waals surface area contributed by atoms with E-state index in [-0.39, 0.29) is 0 Å². The maximum Gasteiger partial charge on any atom is 0.0642 e. The van der Waals surface area contributed by atoms with Crippen LogP contribution in [-0.2, 0) is 11.3 Å². The van der Waals surface area contributed by atoms with E-state index in [1.54, 1.807) is 7.11 Å². The van der Waals surface area contributed by atoms with Crippen LogP contribution in [0.25, 0.3) is 0 Å². The topological polar surface area (TPSA) is 24.5 Å². The van der Waals surface area contributed by atoms with Crippen LogP contribution in [-0.4, -0.2) is 32.8 Å². The number of methoxy groups -OCH3 is 1. The number of nitrogens with zero attached hydrogens (tertiary/aromatic N) is 1. The highest BCUT2D eigenvalue weighted by Crippen LogP contribution is 2.28. The third kappa shape index (κ3) is 5.31. The average molecular weight is 299 g/mol. The van der Waals surface area contributed by atoms with Crippen molar-refractivity contribution < 1.29 is 4.74 Å². The van der Waals surface area contributed by atoms with Crippen LogP contribution in [0.5, 0.6) is 0 Å². The van der Waals surface area contributed by atoms with Gasteiger partial charge in [0.25, 0.3) is 0 Å². The van der Waals surface area contributed by atoms with Gasteiger partial charge in [0, 0.05) is 32.8 Å². The van der Waals surface area contributed by atoms with E-state index < -0.39 is 0 Å². The lowest BCUT2D eigenvalue weighted by Gasteiger charge is -2.29. The van der Waals surface area contributed by atoms with Gasteiger partial charge in [-0.3, -0.25) is 0 Å². The molecule has 20 heavy (non-hydrogen) atoms. The number of ether oxygens (including phenoxy) is 1. The number of benzene rings is 1. The first-order valence-electron chi connectivity index (χ1n) is 7.34. The molecule has 1 aromatic carbocycles. The van der Waals surface area contributed by atoms with Gasteiger partial charge in [0.1, 0.15) is 0 Å². The second-order valence-corrected chi connectivity index (χ2v) is 5.65. The molecule has 0 aliphatic carbocycles. The van der Waals surface area contributed by atoms with E-state index in [4.69, 9.17) is 16.3 Å². The van der Waals surface area contributed by atoms with Gasteiger partial charge in [-0.05, 0) is 38.0 Å². The smallest absolute Gasteiger partial charge is 0.0642 e. The molecule has 0 aliphatic heterocycles. The largest absolute Gasteiger partial charge is 0.383 e. The summed E-state index contributed by atoms with van der Waals surface area (Å²) in [5.74, 6) is 0. The fraction of sp³-hybridized carbons (Fsp3) is 0.625. The summed E-state index contributed by atoms with van der Waals surface area (Å²) in [4.78, 5) is 2.35. The third-order valence-electron chi connectivity index (χ3n) is 3.22. The van der Waals surface area contributed by atoms with Crippen LogP contribution >= 0.6 is 11.6 Å². The molecule has 0 spiro atoms. The van der Waals surface area contributed by atoms with Gasteiger partial charge in [-0.2, -0.15) is 0 Å². The second-order valence-electron chi connectivity index (χ2n) is 5.24. The normalized spacial score (nSPS) is 11.1. The highest BCUT2D eigenvalue weighted by Gasteiger charge is 2.13. The Balaban J connectivity index is 2.71. The van der Waals surface area contributed by atoms with E-state index in [0.717, 1.165) is 43.4 Å². The predicted molar refractivity (Wildman–Crippen MR) is 87.8 cm³/mol. The zero-order valence-electron chi connectivity index (χ0n) is 13.1. The predicted octanol–water partition coefficient (Wildman–Crippen LogP) is 3.70. The first-order valence-corrected chi connectivity index (χ1v) is 7.72. The highest BCUT2D eigenvalue weighted by atomic mass is 35.5. The molecule has 4 heteroatoms. The minimum Gasteiger partial charge on any atom is -0.383 e. The molecular weight excluding hydrogens is 272 g/mol. The standard InChI is InChI=1S/C16H27ClN2O/c1-5-9-19(13(2)3)16-7-6-14(11-15(16)17)12-18-8-10-20-4/h6-7,11,13,18H,5,8-10,12H2,1-4H3. The molecule has 0 saturated carbocycles. The first kappa shape index (κ1) is 17.3. The zero-order chi connectivity index (χ0) is 15.0. The van der Waals surface area contributed by atoms with E-state index in [0.29, 0.717) is 6.04 Å². The van der Waals surface area contributed by atoms with Crippen molar-refractivity contribution in [1.29, 1.82) is 0 Å². The lowest BCUT2D eigenvalue weighted by atomic mass is 10.1. The fourth-order valence-electron chi connectivity index (χ4n) is 2.20. The van der Waals surface area contributed by atoms with Crippen molar-refractivity contribution >= 4 is 17.3 Å². The molecule has 0 saturated heterocycles. The van der Waals surface area contributed by atoms with Gasteiger partial charge in [0.2, 0.25) is 0 Å². The van der Waals surface area contributed by atoms with E-state index in [2.05, 4.69) is 49.2 Å². The third-order valence-corrected chi connectivity index (χ3v) is 3.52. The van der Waals surface area contributed by atoms with Gasteiger partial charge in [0.05, 0.1) is 17.3 Å². The summed E-state index contributed by atoms with van der Waals surface area (Å²) < 4.78 is 5.01. The number of rotatable bonds is 9. The quantitative estimate of drug-likeness (QED) is 0.704. The van der Waals surface area contributed by atoms with Crippen molar-refractivity contribution in [3.8, 4) is 0 Å². The molecule has 0 bridgehead atoms. The van der Waals surface area contributed by atoms with Crippen LogP contribution in [0.15, 0.2) is 18.2 Å². The molecule has 0 amide bonds. The number of nitrogens with one attached hydrogen (secondary N) is 1. The Morgan fingerprint density at radius 1 is 1.35 bits per heavy atom. The number of anilines is 1. The van der Waals surface area contributed by atoms with Crippen molar-refractivity contribution in [3.05, 3.63) is 28.8 Å². The van der Waals surface area contributed by atoms with Crippen LogP contribution in [0.3, 0.4) is 0 Å². The Kier molecular flexibility index (Phi) is 7.97. The Morgan fingerprint density at radius 3 is 2.65 bits per heavy atom. The zero-order valence-corrected chi connectivity index (χ0v) is 13.8. The molecule has 114 valence electrons. The average Bonchev–Trinajstić information content (AvgIpc) is 2.41. The minimum absolute atomic E-state index is 0.457. The van der Waals surface area contributed by atoms with E-state index >= 15 is 0 Å². The van der Waals surface area contributed by atoms with Crippen LogP contribution < -0.4 is 10.2 Å². The Morgan fingerprint density at radius 2 is 2.10 bits per heavy atom. The molecule has 0 aromatic heterocycles. The molecule has 0 radical (unpaired) electrons. The highest BCUT2D eigenvalue weighted by molar-refractivity contribution is 6.33. The lowest BCUT2D eigenvalue weighted by Crippen LogP contribution is -2.31. The maximum atomic E-state index is 6.45. The van der Waals surface area contributed by atoms with Crippen molar-refractivity contribution in [2.45, 2.75) is 39.8 Å². The molecule has 0 unspecified atom stereocenters. The van der Waals surface area contributed by atoms with Crippen LogP contribution in [0.2, 0.25) is 5.02 Å². The minimum atomic E-state index is 0.457. The Labute approximate surface area is 128 Å².